The summed E-state index contributed by atoms with van der Waals surface area (Å²) in [5.74, 6) is -0.758. The van der Waals surface area contributed by atoms with Crippen LogP contribution in [0.2, 0.25) is 5.02 Å². The van der Waals surface area contributed by atoms with Crippen LogP contribution in [0, 0.1) is 6.92 Å². The second-order valence-electron chi connectivity index (χ2n) is 4.14. The predicted molar refractivity (Wildman–Crippen MR) is 73.9 cm³/mol. The molecule has 2 aromatic rings. The number of hydrogen-bond acceptors (Lipinski definition) is 3. The first-order chi connectivity index (χ1) is 8.97. The van der Waals surface area contributed by atoms with Gasteiger partial charge in [-0.05, 0) is 42.8 Å². The third kappa shape index (κ3) is 2.98. The minimum atomic E-state index is -0.520. The summed E-state index contributed by atoms with van der Waals surface area (Å²) in [4.78, 5) is 12.0. The van der Waals surface area contributed by atoms with Crippen molar-refractivity contribution in [3.8, 4) is 11.5 Å². The van der Waals surface area contributed by atoms with Crippen LogP contribution >= 0.6 is 11.6 Å². The molecule has 0 fully saturated rings. The van der Waals surface area contributed by atoms with Gasteiger partial charge in [0.05, 0.1) is 11.3 Å². The summed E-state index contributed by atoms with van der Waals surface area (Å²) in [6.07, 6.45) is 0. The molecule has 0 saturated carbocycles. The highest BCUT2D eigenvalue weighted by Gasteiger charge is 2.13. The van der Waals surface area contributed by atoms with E-state index >= 15 is 0 Å². The van der Waals surface area contributed by atoms with Crippen molar-refractivity contribution in [3.05, 3.63) is 52.5 Å². The Morgan fingerprint density at radius 2 is 1.84 bits per heavy atom. The molecule has 0 saturated heterocycles. The number of halogens is 1. The molecule has 4 nitrogen and oxygen atoms in total. The maximum Gasteiger partial charge on any atom is 0.259 e. The van der Waals surface area contributed by atoms with Gasteiger partial charge in [-0.2, -0.15) is 0 Å². The topological polar surface area (TPSA) is 69.6 Å². The monoisotopic (exact) mass is 277 g/mol. The molecule has 0 radical (unpaired) electrons. The summed E-state index contributed by atoms with van der Waals surface area (Å²) in [5.41, 5.74) is 1.25. The number of benzene rings is 2. The van der Waals surface area contributed by atoms with Crippen molar-refractivity contribution < 1.29 is 15.0 Å². The standard InChI is InChI=1S/C14H12ClNO3/c1-8-2-5-11(13(18)6-8)16-14(19)10-4-3-9(15)7-12(10)17/h2-7,17-18H,1H3,(H,16,19). The van der Waals surface area contributed by atoms with Gasteiger partial charge in [-0.25, -0.2) is 0 Å². The molecule has 0 aliphatic heterocycles. The van der Waals surface area contributed by atoms with Gasteiger partial charge in [-0.1, -0.05) is 17.7 Å². The van der Waals surface area contributed by atoms with E-state index in [0.29, 0.717) is 5.02 Å². The first-order valence-electron chi connectivity index (χ1n) is 5.57. The van der Waals surface area contributed by atoms with Crippen LogP contribution in [0.5, 0.6) is 11.5 Å². The molecular formula is C14H12ClNO3. The zero-order valence-corrected chi connectivity index (χ0v) is 10.9. The summed E-state index contributed by atoms with van der Waals surface area (Å²) in [5, 5.41) is 22.2. The number of rotatable bonds is 2. The summed E-state index contributed by atoms with van der Waals surface area (Å²) >= 11 is 5.69. The Labute approximate surface area is 115 Å². The zero-order chi connectivity index (χ0) is 14.0. The molecule has 98 valence electrons. The van der Waals surface area contributed by atoms with E-state index in [1.807, 2.05) is 6.92 Å². The maximum atomic E-state index is 12.0. The third-order valence-electron chi connectivity index (χ3n) is 2.61. The maximum absolute atomic E-state index is 12.0. The van der Waals surface area contributed by atoms with Crippen LogP contribution in [0.25, 0.3) is 0 Å². The quantitative estimate of drug-likeness (QED) is 0.738. The number of carbonyl (C=O) groups excluding carboxylic acids is 1. The molecular weight excluding hydrogens is 266 g/mol. The molecule has 0 heterocycles. The van der Waals surface area contributed by atoms with E-state index in [2.05, 4.69) is 5.32 Å². The van der Waals surface area contributed by atoms with Crippen molar-refractivity contribution in [2.75, 3.05) is 5.32 Å². The van der Waals surface area contributed by atoms with Crippen LogP contribution in [0.4, 0.5) is 5.69 Å². The second kappa shape index (κ2) is 5.20. The van der Waals surface area contributed by atoms with E-state index in [9.17, 15) is 15.0 Å². The molecule has 0 aliphatic rings. The lowest BCUT2D eigenvalue weighted by Gasteiger charge is -2.09. The summed E-state index contributed by atoms with van der Waals surface area (Å²) < 4.78 is 0. The highest BCUT2D eigenvalue weighted by atomic mass is 35.5. The number of aryl methyl sites for hydroxylation is 1. The molecule has 0 spiro atoms. The van der Waals surface area contributed by atoms with Gasteiger partial charge in [-0.15, -0.1) is 0 Å². The van der Waals surface area contributed by atoms with Crippen molar-refractivity contribution in [2.24, 2.45) is 0 Å². The van der Waals surface area contributed by atoms with E-state index in [1.54, 1.807) is 12.1 Å². The molecule has 19 heavy (non-hydrogen) atoms. The molecule has 1 amide bonds. The van der Waals surface area contributed by atoms with Crippen molar-refractivity contribution in [2.45, 2.75) is 6.92 Å². The number of aromatic hydroxyl groups is 2. The SMILES string of the molecule is Cc1ccc(NC(=O)c2ccc(Cl)cc2O)c(O)c1. The van der Waals surface area contributed by atoms with Gasteiger partial charge in [0.1, 0.15) is 11.5 Å². The Morgan fingerprint density at radius 3 is 2.47 bits per heavy atom. The average Bonchev–Trinajstić information content (AvgIpc) is 2.32. The van der Waals surface area contributed by atoms with Crippen molar-refractivity contribution in [3.63, 3.8) is 0 Å². The molecule has 0 aliphatic carbocycles. The van der Waals surface area contributed by atoms with E-state index in [1.165, 1.54) is 24.3 Å². The number of nitrogens with one attached hydrogen (secondary N) is 1. The minimum Gasteiger partial charge on any atom is -0.507 e. The van der Waals surface area contributed by atoms with E-state index in [4.69, 9.17) is 11.6 Å². The van der Waals surface area contributed by atoms with Crippen LogP contribution in [0.1, 0.15) is 15.9 Å². The number of carbonyl (C=O) groups is 1. The van der Waals surface area contributed by atoms with E-state index < -0.39 is 5.91 Å². The highest BCUT2D eigenvalue weighted by Crippen LogP contribution is 2.27. The number of phenolic OH excluding ortho intramolecular Hbond substituents is 2. The molecule has 0 atom stereocenters. The van der Waals surface area contributed by atoms with Crippen molar-refractivity contribution >= 4 is 23.2 Å². The Bertz CT molecular complexity index is 641. The normalized spacial score (nSPS) is 10.2. The van der Waals surface area contributed by atoms with Crippen LogP contribution in [0.15, 0.2) is 36.4 Å². The van der Waals surface area contributed by atoms with Gasteiger partial charge in [-0.3, -0.25) is 4.79 Å². The van der Waals surface area contributed by atoms with E-state index in [-0.39, 0.29) is 22.7 Å². The van der Waals surface area contributed by atoms with Gasteiger partial charge in [0.2, 0.25) is 0 Å². The zero-order valence-electron chi connectivity index (χ0n) is 10.1. The Kier molecular flexibility index (Phi) is 3.62. The van der Waals surface area contributed by atoms with Crippen molar-refractivity contribution in [1.82, 2.24) is 0 Å². The predicted octanol–water partition coefficient (Wildman–Crippen LogP) is 3.31. The van der Waals surface area contributed by atoms with Crippen LogP contribution in [0.3, 0.4) is 0 Å². The Hall–Kier alpha value is -2.20. The highest BCUT2D eigenvalue weighted by molar-refractivity contribution is 6.31. The molecule has 0 unspecified atom stereocenters. The average molecular weight is 278 g/mol. The van der Waals surface area contributed by atoms with Crippen molar-refractivity contribution in [1.29, 1.82) is 0 Å². The number of hydrogen-bond donors (Lipinski definition) is 3. The fraction of sp³-hybridized carbons (Fsp3) is 0.0714. The van der Waals surface area contributed by atoms with E-state index in [0.717, 1.165) is 5.56 Å². The van der Waals surface area contributed by atoms with Crippen LogP contribution in [-0.4, -0.2) is 16.1 Å². The number of phenols is 2. The second-order valence-corrected chi connectivity index (χ2v) is 4.57. The van der Waals surface area contributed by atoms with Gasteiger partial charge < -0.3 is 15.5 Å². The fourth-order valence-electron chi connectivity index (χ4n) is 1.63. The van der Waals surface area contributed by atoms with Gasteiger partial charge in [0.25, 0.3) is 5.91 Å². The lowest BCUT2D eigenvalue weighted by molar-refractivity contribution is 0.102. The number of amides is 1. The molecule has 5 heteroatoms. The largest absolute Gasteiger partial charge is 0.507 e. The lowest BCUT2D eigenvalue weighted by atomic mass is 10.1. The molecule has 0 bridgehead atoms. The molecule has 2 aromatic carbocycles. The first kappa shape index (κ1) is 13.2. The summed E-state index contributed by atoms with van der Waals surface area (Å²) in [7, 11) is 0. The molecule has 3 N–H and O–H groups in total. The first-order valence-corrected chi connectivity index (χ1v) is 5.94. The lowest BCUT2D eigenvalue weighted by Crippen LogP contribution is -2.12. The van der Waals surface area contributed by atoms with Gasteiger partial charge in [0, 0.05) is 5.02 Å². The Balaban J connectivity index is 2.25. The molecule has 2 rings (SSSR count). The number of anilines is 1. The van der Waals surface area contributed by atoms with Crippen LogP contribution < -0.4 is 5.32 Å². The fourth-order valence-corrected chi connectivity index (χ4v) is 1.80. The summed E-state index contributed by atoms with van der Waals surface area (Å²) in [6, 6.07) is 9.10. The smallest absolute Gasteiger partial charge is 0.259 e. The summed E-state index contributed by atoms with van der Waals surface area (Å²) in [6.45, 7) is 1.83. The Morgan fingerprint density at radius 1 is 1.11 bits per heavy atom. The van der Waals surface area contributed by atoms with Gasteiger partial charge >= 0.3 is 0 Å². The third-order valence-corrected chi connectivity index (χ3v) is 2.84. The van der Waals surface area contributed by atoms with Gasteiger partial charge in [0.15, 0.2) is 0 Å². The van der Waals surface area contributed by atoms with Crippen LogP contribution in [-0.2, 0) is 0 Å². The minimum absolute atomic E-state index is 0.0261. The molecule has 0 aromatic heterocycles.